The van der Waals surface area contributed by atoms with Gasteiger partial charge in [0.2, 0.25) is 5.91 Å². The van der Waals surface area contributed by atoms with Gasteiger partial charge in [-0.1, -0.05) is 6.92 Å². The normalized spacial score (nSPS) is 28.8. The molecule has 0 radical (unpaired) electrons. The summed E-state index contributed by atoms with van der Waals surface area (Å²) in [6.45, 7) is 8.19. The van der Waals surface area contributed by atoms with E-state index in [1.807, 2.05) is 11.8 Å². The van der Waals surface area contributed by atoms with Crippen LogP contribution in [-0.2, 0) is 9.53 Å². The van der Waals surface area contributed by atoms with Crippen molar-refractivity contribution in [1.29, 1.82) is 0 Å². The van der Waals surface area contributed by atoms with Crippen LogP contribution in [0.1, 0.15) is 6.92 Å². The Morgan fingerprint density at radius 2 is 2.05 bits per heavy atom. The molecule has 0 aromatic heterocycles. The highest BCUT2D eigenvalue weighted by molar-refractivity contribution is 5.80. The highest BCUT2D eigenvalue weighted by atomic mass is 16.5. The Balaban J connectivity index is 1.83. The second-order valence-corrected chi connectivity index (χ2v) is 5.20. The molecule has 2 atom stereocenters. The van der Waals surface area contributed by atoms with E-state index in [2.05, 4.69) is 10.2 Å². The molecule has 0 aromatic carbocycles. The number of nitrogens with zero attached hydrogens (tertiary/aromatic N) is 2. The van der Waals surface area contributed by atoms with Crippen molar-refractivity contribution >= 4 is 5.91 Å². The van der Waals surface area contributed by atoms with Gasteiger partial charge in [-0.25, -0.2) is 0 Å². The molecule has 0 aliphatic carbocycles. The van der Waals surface area contributed by atoms with E-state index >= 15 is 0 Å². The molecule has 6 heteroatoms. The molecule has 0 bridgehead atoms. The average Bonchev–Trinajstić information content (AvgIpc) is 2.88. The van der Waals surface area contributed by atoms with E-state index < -0.39 is 0 Å². The third-order valence-corrected chi connectivity index (χ3v) is 3.96. The van der Waals surface area contributed by atoms with Crippen molar-refractivity contribution in [2.75, 3.05) is 59.1 Å². The maximum atomic E-state index is 12.5. The Labute approximate surface area is 114 Å². The van der Waals surface area contributed by atoms with E-state index in [9.17, 15) is 4.79 Å². The topological polar surface area (TPSA) is 65.0 Å². The largest absolute Gasteiger partial charge is 0.395 e. The van der Waals surface area contributed by atoms with Crippen molar-refractivity contribution in [3.63, 3.8) is 0 Å². The lowest BCUT2D eigenvalue weighted by Crippen LogP contribution is -2.53. The molecule has 2 unspecified atom stereocenters. The number of hydrogen-bond acceptors (Lipinski definition) is 5. The minimum absolute atomic E-state index is 0.0376. The molecule has 2 heterocycles. The number of rotatable bonds is 5. The minimum atomic E-state index is -0.0376. The minimum Gasteiger partial charge on any atom is -0.395 e. The number of carbonyl (C=O) groups excluding carboxylic acids is 1. The van der Waals surface area contributed by atoms with E-state index in [-0.39, 0.29) is 24.5 Å². The molecule has 2 aliphatic rings. The molecule has 6 nitrogen and oxygen atoms in total. The van der Waals surface area contributed by atoms with Crippen LogP contribution < -0.4 is 5.32 Å². The van der Waals surface area contributed by atoms with Crippen LogP contribution in [0.4, 0.5) is 0 Å². The van der Waals surface area contributed by atoms with E-state index in [1.165, 1.54) is 0 Å². The van der Waals surface area contributed by atoms with Crippen LogP contribution in [0, 0.1) is 5.92 Å². The van der Waals surface area contributed by atoms with Gasteiger partial charge in [-0.3, -0.25) is 9.69 Å². The van der Waals surface area contributed by atoms with Gasteiger partial charge in [-0.05, 0) is 6.54 Å². The van der Waals surface area contributed by atoms with Crippen LogP contribution in [0.2, 0.25) is 0 Å². The lowest BCUT2D eigenvalue weighted by atomic mass is 10.0. The molecule has 2 rings (SSSR count). The van der Waals surface area contributed by atoms with Gasteiger partial charge < -0.3 is 20.1 Å². The van der Waals surface area contributed by atoms with Gasteiger partial charge in [0.05, 0.1) is 25.7 Å². The number of aliphatic hydroxyl groups is 1. The molecule has 110 valence electrons. The number of amides is 1. The second kappa shape index (κ2) is 7.19. The van der Waals surface area contributed by atoms with E-state index in [0.29, 0.717) is 19.8 Å². The molecular formula is C13H25N3O3. The summed E-state index contributed by atoms with van der Waals surface area (Å²) >= 11 is 0. The Morgan fingerprint density at radius 3 is 2.68 bits per heavy atom. The van der Waals surface area contributed by atoms with Crippen LogP contribution in [0.5, 0.6) is 0 Å². The third-order valence-electron chi connectivity index (χ3n) is 3.96. The SMILES string of the molecule is CCNC1COCC1C(=O)N1CCN(CCO)CC1. The summed E-state index contributed by atoms with van der Waals surface area (Å²) in [6, 6.07) is 0.160. The number of β-amino-alcohol motifs (C(OH)–C–C–N with tert-alkyl or cyclic N) is 1. The quantitative estimate of drug-likeness (QED) is 0.654. The number of aliphatic hydroxyl groups excluding tert-OH is 1. The first-order valence-electron chi connectivity index (χ1n) is 7.19. The predicted octanol–water partition coefficient (Wildman–Crippen LogP) is -1.25. The molecular weight excluding hydrogens is 246 g/mol. The van der Waals surface area contributed by atoms with Crippen molar-refractivity contribution in [2.24, 2.45) is 5.92 Å². The van der Waals surface area contributed by atoms with Crippen LogP contribution in [0.3, 0.4) is 0 Å². The zero-order valence-corrected chi connectivity index (χ0v) is 11.7. The first-order valence-corrected chi connectivity index (χ1v) is 7.19. The summed E-state index contributed by atoms with van der Waals surface area (Å²) in [6.07, 6.45) is 0. The number of hydrogen-bond donors (Lipinski definition) is 2. The Hall–Kier alpha value is -0.690. The summed E-state index contributed by atoms with van der Waals surface area (Å²) in [5, 5.41) is 12.2. The van der Waals surface area contributed by atoms with E-state index in [0.717, 1.165) is 32.7 Å². The van der Waals surface area contributed by atoms with Gasteiger partial charge in [-0.15, -0.1) is 0 Å². The molecule has 2 N–H and O–H groups in total. The Kier molecular flexibility index (Phi) is 5.57. The van der Waals surface area contributed by atoms with Crippen LogP contribution in [-0.4, -0.2) is 85.9 Å². The van der Waals surface area contributed by atoms with Crippen LogP contribution in [0.25, 0.3) is 0 Å². The van der Waals surface area contributed by atoms with Crippen molar-refractivity contribution in [2.45, 2.75) is 13.0 Å². The second-order valence-electron chi connectivity index (χ2n) is 5.20. The summed E-state index contributed by atoms with van der Waals surface area (Å²) in [7, 11) is 0. The fraction of sp³-hybridized carbons (Fsp3) is 0.923. The molecule has 0 spiro atoms. The molecule has 2 fully saturated rings. The number of nitrogens with one attached hydrogen (secondary N) is 1. The van der Waals surface area contributed by atoms with E-state index in [4.69, 9.17) is 9.84 Å². The van der Waals surface area contributed by atoms with Crippen molar-refractivity contribution in [3.8, 4) is 0 Å². The van der Waals surface area contributed by atoms with Gasteiger partial charge in [0.15, 0.2) is 0 Å². The zero-order valence-electron chi connectivity index (χ0n) is 11.7. The molecule has 1 amide bonds. The lowest BCUT2D eigenvalue weighted by molar-refractivity contribution is -0.137. The lowest BCUT2D eigenvalue weighted by Gasteiger charge is -2.36. The smallest absolute Gasteiger partial charge is 0.229 e. The van der Waals surface area contributed by atoms with Gasteiger partial charge in [-0.2, -0.15) is 0 Å². The maximum absolute atomic E-state index is 12.5. The number of piperazine rings is 1. The maximum Gasteiger partial charge on any atom is 0.229 e. The van der Waals surface area contributed by atoms with Crippen molar-refractivity contribution in [1.82, 2.24) is 15.1 Å². The summed E-state index contributed by atoms with van der Waals surface area (Å²) in [4.78, 5) is 16.6. The van der Waals surface area contributed by atoms with Crippen molar-refractivity contribution < 1.29 is 14.6 Å². The molecule has 0 saturated carbocycles. The first kappa shape index (κ1) is 14.7. The van der Waals surface area contributed by atoms with Crippen LogP contribution in [0.15, 0.2) is 0 Å². The monoisotopic (exact) mass is 271 g/mol. The Morgan fingerprint density at radius 1 is 1.32 bits per heavy atom. The van der Waals surface area contributed by atoms with Gasteiger partial charge in [0, 0.05) is 38.8 Å². The fourth-order valence-corrected chi connectivity index (χ4v) is 2.83. The van der Waals surface area contributed by atoms with Gasteiger partial charge in [0.1, 0.15) is 0 Å². The molecule has 2 aliphatic heterocycles. The summed E-state index contributed by atoms with van der Waals surface area (Å²) in [5.41, 5.74) is 0. The fourth-order valence-electron chi connectivity index (χ4n) is 2.83. The van der Waals surface area contributed by atoms with E-state index in [1.54, 1.807) is 0 Å². The van der Waals surface area contributed by atoms with Crippen molar-refractivity contribution in [3.05, 3.63) is 0 Å². The average molecular weight is 271 g/mol. The van der Waals surface area contributed by atoms with Gasteiger partial charge in [0.25, 0.3) is 0 Å². The standard InChI is InChI=1S/C13H25N3O3/c1-2-14-12-10-19-9-11(12)13(18)16-5-3-15(4-6-16)7-8-17/h11-12,14,17H,2-10H2,1H3. The van der Waals surface area contributed by atoms with Gasteiger partial charge >= 0.3 is 0 Å². The highest BCUT2D eigenvalue weighted by Crippen LogP contribution is 2.17. The number of ether oxygens (including phenoxy) is 1. The molecule has 0 aromatic rings. The first-order chi connectivity index (χ1) is 9.26. The predicted molar refractivity (Wildman–Crippen MR) is 71.9 cm³/mol. The highest BCUT2D eigenvalue weighted by Gasteiger charge is 2.36. The summed E-state index contributed by atoms with van der Waals surface area (Å²) < 4.78 is 5.44. The Bertz CT molecular complexity index is 293. The summed E-state index contributed by atoms with van der Waals surface area (Å²) in [5.74, 6) is 0.177. The number of carbonyl (C=O) groups is 1. The molecule has 19 heavy (non-hydrogen) atoms. The molecule has 2 saturated heterocycles. The van der Waals surface area contributed by atoms with Crippen LogP contribution >= 0.6 is 0 Å². The zero-order chi connectivity index (χ0) is 13.7. The number of likely N-dealkylation sites (N-methyl/N-ethyl adjacent to an activating group) is 1. The third kappa shape index (κ3) is 3.66.